The van der Waals surface area contributed by atoms with Crippen molar-refractivity contribution in [3.8, 4) is 0 Å². The second-order valence-corrected chi connectivity index (χ2v) is 3.36. The molecule has 0 fully saturated rings. The molecule has 1 N–H and O–H groups in total. The van der Waals surface area contributed by atoms with Crippen LogP contribution in [0.5, 0.6) is 0 Å². The molecular weight excluding hydrogens is 184 g/mol. The van der Waals surface area contributed by atoms with Gasteiger partial charge in [-0.2, -0.15) is 0 Å². The fourth-order valence-electron chi connectivity index (χ4n) is 1.14. The van der Waals surface area contributed by atoms with Crippen LogP contribution in [-0.4, -0.2) is 40.8 Å². The van der Waals surface area contributed by atoms with Crippen LogP contribution in [0.2, 0.25) is 0 Å². The van der Waals surface area contributed by atoms with Gasteiger partial charge in [-0.1, -0.05) is 5.16 Å². The first-order valence-electron chi connectivity index (χ1n) is 4.37. The highest BCUT2D eigenvalue weighted by Gasteiger charge is 2.16. The summed E-state index contributed by atoms with van der Waals surface area (Å²) < 4.78 is 4.78. The molecule has 0 aliphatic carbocycles. The summed E-state index contributed by atoms with van der Waals surface area (Å²) in [6.45, 7) is 3.63. The Morgan fingerprint density at radius 2 is 2.43 bits per heavy atom. The van der Waals surface area contributed by atoms with E-state index in [9.17, 15) is 4.79 Å². The number of aromatic nitrogens is 1. The first-order valence-corrected chi connectivity index (χ1v) is 4.37. The van der Waals surface area contributed by atoms with Crippen molar-refractivity contribution in [3.05, 3.63) is 17.5 Å². The summed E-state index contributed by atoms with van der Waals surface area (Å²) in [7, 11) is 1.61. The molecule has 0 spiro atoms. The molecule has 1 atom stereocenters. The van der Waals surface area contributed by atoms with Crippen molar-refractivity contribution in [2.45, 2.75) is 20.0 Å². The molecule has 1 unspecified atom stereocenters. The normalized spacial score (nSPS) is 12.6. The Kier molecular flexibility index (Phi) is 3.24. The lowest BCUT2D eigenvalue weighted by Gasteiger charge is -2.16. The number of hydrogen-bond donors (Lipinski definition) is 1. The average Bonchev–Trinajstić information content (AvgIpc) is 2.49. The number of amides is 1. The Morgan fingerprint density at radius 1 is 1.79 bits per heavy atom. The Labute approximate surface area is 82.3 Å². The van der Waals surface area contributed by atoms with E-state index in [2.05, 4.69) is 5.16 Å². The fourth-order valence-corrected chi connectivity index (χ4v) is 1.14. The number of aryl methyl sites for hydroxylation is 1. The lowest BCUT2D eigenvalue weighted by Crippen LogP contribution is -2.33. The molecule has 1 aromatic heterocycles. The summed E-state index contributed by atoms with van der Waals surface area (Å²) in [5.74, 6) is 0.349. The lowest BCUT2D eigenvalue weighted by atomic mass is 10.3. The minimum atomic E-state index is -0.544. The smallest absolute Gasteiger partial charge is 0.275 e. The van der Waals surface area contributed by atoms with E-state index >= 15 is 0 Å². The van der Waals surface area contributed by atoms with Gasteiger partial charge in [0.15, 0.2) is 5.69 Å². The van der Waals surface area contributed by atoms with Gasteiger partial charge in [-0.15, -0.1) is 0 Å². The molecule has 1 heterocycles. The summed E-state index contributed by atoms with van der Waals surface area (Å²) in [4.78, 5) is 13.0. The standard InChI is InChI=1S/C9H14N2O3/c1-6(12)5-11(3)9(13)8-4-7(2)14-10-8/h4,6,12H,5H2,1-3H3. The molecule has 5 heteroatoms. The highest BCUT2D eigenvalue weighted by atomic mass is 16.5. The quantitative estimate of drug-likeness (QED) is 0.765. The van der Waals surface area contributed by atoms with E-state index < -0.39 is 6.10 Å². The first kappa shape index (κ1) is 10.7. The fraction of sp³-hybridized carbons (Fsp3) is 0.556. The van der Waals surface area contributed by atoms with Crippen molar-refractivity contribution >= 4 is 5.91 Å². The van der Waals surface area contributed by atoms with Crippen LogP contribution < -0.4 is 0 Å². The number of likely N-dealkylation sites (N-methyl/N-ethyl adjacent to an activating group) is 1. The number of carbonyl (C=O) groups is 1. The molecule has 0 aromatic carbocycles. The number of aliphatic hydroxyl groups is 1. The molecule has 0 aliphatic heterocycles. The van der Waals surface area contributed by atoms with Crippen molar-refractivity contribution in [2.24, 2.45) is 0 Å². The zero-order chi connectivity index (χ0) is 10.7. The van der Waals surface area contributed by atoms with E-state index in [1.165, 1.54) is 4.90 Å². The summed E-state index contributed by atoms with van der Waals surface area (Å²) in [6, 6.07) is 1.57. The Bertz CT molecular complexity index is 320. The highest BCUT2D eigenvalue weighted by molar-refractivity contribution is 5.92. The van der Waals surface area contributed by atoms with Crippen molar-refractivity contribution in [2.75, 3.05) is 13.6 Å². The Morgan fingerprint density at radius 3 is 2.86 bits per heavy atom. The van der Waals surface area contributed by atoms with Crippen molar-refractivity contribution < 1.29 is 14.4 Å². The maximum atomic E-state index is 11.6. The van der Waals surface area contributed by atoms with E-state index in [0.717, 1.165) is 0 Å². The van der Waals surface area contributed by atoms with Crippen LogP contribution in [-0.2, 0) is 0 Å². The number of carbonyl (C=O) groups excluding carboxylic acids is 1. The van der Waals surface area contributed by atoms with Gasteiger partial charge in [-0.05, 0) is 13.8 Å². The molecule has 0 saturated carbocycles. The molecule has 14 heavy (non-hydrogen) atoms. The zero-order valence-corrected chi connectivity index (χ0v) is 8.52. The van der Waals surface area contributed by atoms with Crippen LogP contribution in [0.1, 0.15) is 23.2 Å². The molecule has 0 bridgehead atoms. The number of nitrogens with zero attached hydrogens (tertiary/aromatic N) is 2. The summed E-state index contributed by atoms with van der Waals surface area (Å²) in [5.41, 5.74) is 0.269. The molecule has 1 aromatic rings. The van der Waals surface area contributed by atoms with E-state index in [-0.39, 0.29) is 18.1 Å². The van der Waals surface area contributed by atoms with E-state index in [4.69, 9.17) is 9.63 Å². The van der Waals surface area contributed by atoms with Gasteiger partial charge in [-0.3, -0.25) is 4.79 Å². The average molecular weight is 198 g/mol. The van der Waals surface area contributed by atoms with Crippen LogP contribution in [0.4, 0.5) is 0 Å². The van der Waals surface area contributed by atoms with E-state index in [1.807, 2.05) is 0 Å². The zero-order valence-electron chi connectivity index (χ0n) is 8.52. The van der Waals surface area contributed by atoms with Gasteiger partial charge < -0.3 is 14.5 Å². The van der Waals surface area contributed by atoms with Gasteiger partial charge in [0, 0.05) is 19.7 Å². The minimum absolute atomic E-state index is 0.247. The first-order chi connectivity index (χ1) is 6.50. The van der Waals surface area contributed by atoms with Gasteiger partial charge in [0.1, 0.15) is 5.76 Å². The number of hydrogen-bond acceptors (Lipinski definition) is 4. The maximum absolute atomic E-state index is 11.6. The predicted molar refractivity (Wildman–Crippen MR) is 49.9 cm³/mol. The van der Waals surface area contributed by atoms with Crippen molar-refractivity contribution in [1.82, 2.24) is 10.1 Å². The van der Waals surface area contributed by atoms with Gasteiger partial charge >= 0.3 is 0 Å². The predicted octanol–water partition coefficient (Wildman–Crippen LogP) is 0.436. The third-order valence-electron chi connectivity index (χ3n) is 1.73. The van der Waals surface area contributed by atoms with Gasteiger partial charge in [0.25, 0.3) is 5.91 Å². The number of rotatable bonds is 3. The minimum Gasteiger partial charge on any atom is -0.392 e. The van der Waals surface area contributed by atoms with Crippen LogP contribution in [0.3, 0.4) is 0 Å². The van der Waals surface area contributed by atoms with E-state index in [0.29, 0.717) is 5.76 Å². The topological polar surface area (TPSA) is 66.6 Å². The van der Waals surface area contributed by atoms with Crippen LogP contribution in [0, 0.1) is 6.92 Å². The molecule has 5 nitrogen and oxygen atoms in total. The molecule has 0 radical (unpaired) electrons. The molecule has 78 valence electrons. The monoisotopic (exact) mass is 198 g/mol. The molecule has 1 amide bonds. The maximum Gasteiger partial charge on any atom is 0.275 e. The second-order valence-electron chi connectivity index (χ2n) is 3.36. The third kappa shape index (κ3) is 2.56. The van der Waals surface area contributed by atoms with Crippen LogP contribution in [0.15, 0.2) is 10.6 Å². The summed E-state index contributed by atoms with van der Waals surface area (Å²) in [6.07, 6.45) is -0.544. The number of aliphatic hydroxyl groups excluding tert-OH is 1. The highest BCUT2D eigenvalue weighted by Crippen LogP contribution is 2.04. The van der Waals surface area contributed by atoms with Gasteiger partial charge in [0.2, 0.25) is 0 Å². The van der Waals surface area contributed by atoms with E-state index in [1.54, 1.807) is 27.0 Å². The van der Waals surface area contributed by atoms with Gasteiger partial charge in [-0.25, -0.2) is 0 Å². The molecule has 0 saturated heterocycles. The summed E-state index contributed by atoms with van der Waals surface area (Å²) in [5, 5.41) is 12.7. The largest absolute Gasteiger partial charge is 0.392 e. The third-order valence-corrected chi connectivity index (χ3v) is 1.73. The Hall–Kier alpha value is -1.36. The summed E-state index contributed by atoms with van der Waals surface area (Å²) >= 11 is 0. The molecular formula is C9H14N2O3. The van der Waals surface area contributed by atoms with Crippen LogP contribution in [0.25, 0.3) is 0 Å². The lowest BCUT2D eigenvalue weighted by molar-refractivity contribution is 0.0694. The Balaban J connectivity index is 2.65. The second kappa shape index (κ2) is 4.23. The van der Waals surface area contributed by atoms with Crippen LogP contribution >= 0.6 is 0 Å². The molecule has 0 aliphatic rings. The SMILES string of the molecule is Cc1cc(C(=O)N(C)CC(C)O)no1. The van der Waals surface area contributed by atoms with Crippen molar-refractivity contribution in [3.63, 3.8) is 0 Å². The van der Waals surface area contributed by atoms with Gasteiger partial charge in [0.05, 0.1) is 6.10 Å². The molecule has 1 rings (SSSR count). The van der Waals surface area contributed by atoms with Crippen molar-refractivity contribution in [1.29, 1.82) is 0 Å².